The summed E-state index contributed by atoms with van der Waals surface area (Å²) in [5.41, 5.74) is 3.10. The first-order valence-corrected chi connectivity index (χ1v) is 10.4. The molecule has 0 spiro atoms. The molecule has 0 bridgehead atoms. The largest absolute Gasteiger partial charge is 0.455 e. The number of benzene rings is 2. The molecule has 1 heterocycles. The van der Waals surface area contributed by atoms with Crippen LogP contribution in [0, 0.1) is 6.92 Å². The summed E-state index contributed by atoms with van der Waals surface area (Å²) < 4.78 is 17.9. The summed E-state index contributed by atoms with van der Waals surface area (Å²) in [5, 5.41) is 3.44. The minimum atomic E-state index is -1.15. The number of amides is 1. The highest BCUT2D eigenvalue weighted by Gasteiger charge is 2.13. The predicted octanol–water partition coefficient (Wildman–Crippen LogP) is 4.62. The Balaban J connectivity index is 1.53. The predicted molar refractivity (Wildman–Crippen MR) is 108 cm³/mol. The average Bonchev–Trinajstić information content (AvgIpc) is 3.09. The summed E-state index contributed by atoms with van der Waals surface area (Å²) in [6.45, 7) is 2.44. The van der Waals surface area contributed by atoms with Gasteiger partial charge >= 0.3 is 0 Å². The molecule has 0 aliphatic rings. The first-order valence-electron chi connectivity index (χ1n) is 8.51. The van der Waals surface area contributed by atoms with Gasteiger partial charge in [0.1, 0.15) is 5.76 Å². The van der Waals surface area contributed by atoms with Crippen LogP contribution in [0.25, 0.3) is 0 Å². The van der Waals surface area contributed by atoms with Gasteiger partial charge < -0.3 is 9.73 Å². The molecule has 6 heteroatoms. The molecule has 0 aliphatic heterocycles. The Kier molecular flexibility index (Phi) is 6.48. The maximum atomic E-state index is 12.3. The number of carbonyl (C=O) groups is 1. The SMILES string of the molecule is Cc1ccc(CNC(=O)c2ccc(C[S@@](=O)Cc3cccc(Cl)c3)o2)cc1. The lowest BCUT2D eigenvalue weighted by molar-refractivity contribution is 0.0921. The van der Waals surface area contributed by atoms with Gasteiger partial charge in [0.05, 0.1) is 5.75 Å². The second-order valence-corrected chi connectivity index (χ2v) is 8.19. The number of hydrogen-bond donors (Lipinski definition) is 1. The number of carbonyl (C=O) groups excluding carboxylic acids is 1. The van der Waals surface area contributed by atoms with E-state index < -0.39 is 10.8 Å². The minimum absolute atomic E-state index is 0.219. The number of aryl methyl sites for hydroxylation is 1. The molecule has 0 saturated carbocycles. The van der Waals surface area contributed by atoms with E-state index in [0.717, 1.165) is 11.1 Å². The van der Waals surface area contributed by atoms with Crippen LogP contribution in [0.4, 0.5) is 0 Å². The van der Waals surface area contributed by atoms with Crippen LogP contribution in [0.15, 0.2) is 65.1 Å². The fraction of sp³-hybridized carbons (Fsp3) is 0.190. The highest BCUT2D eigenvalue weighted by molar-refractivity contribution is 7.83. The normalized spacial score (nSPS) is 11.9. The Bertz CT molecular complexity index is 950. The van der Waals surface area contributed by atoms with E-state index in [4.69, 9.17) is 16.0 Å². The van der Waals surface area contributed by atoms with Crippen LogP contribution in [-0.2, 0) is 28.9 Å². The van der Waals surface area contributed by atoms with Gasteiger partial charge in [0.25, 0.3) is 5.91 Å². The van der Waals surface area contributed by atoms with Gasteiger partial charge in [-0.15, -0.1) is 0 Å². The van der Waals surface area contributed by atoms with Gasteiger partial charge in [0.15, 0.2) is 5.76 Å². The zero-order chi connectivity index (χ0) is 19.2. The number of hydrogen-bond acceptors (Lipinski definition) is 3. The quantitative estimate of drug-likeness (QED) is 0.628. The van der Waals surface area contributed by atoms with Crippen LogP contribution in [0.2, 0.25) is 5.02 Å². The van der Waals surface area contributed by atoms with Gasteiger partial charge in [-0.1, -0.05) is 53.6 Å². The van der Waals surface area contributed by atoms with Crippen LogP contribution in [0.1, 0.15) is 33.0 Å². The van der Waals surface area contributed by atoms with E-state index in [0.29, 0.717) is 23.1 Å². The van der Waals surface area contributed by atoms with Crippen LogP contribution >= 0.6 is 11.6 Å². The van der Waals surface area contributed by atoms with Crippen LogP contribution in [0.3, 0.4) is 0 Å². The molecule has 0 fully saturated rings. The summed E-state index contributed by atoms with van der Waals surface area (Å²) in [4.78, 5) is 12.2. The smallest absolute Gasteiger partial charge is 0.287 e. The summed E-state index contributed by atoms with van der Waals surface area (Å²) in [7, 11) is -1.15. The maximum Gasteiger partial charge on any atom is 0.287 e. The van der Waals surface area contributed by atoms with E-state index in [-0.39, 0.29) is 17.4 Å². The Morgan fingerprint density at radius 3 is 2.56 bits per heavy atom. The van der Waals surface area contributed by atoms with Crippen LogP contribution < -0.4 is 5.32 Å². The van der Waals surface area contributed by atoms with E-state index in [1.807, 2.05) is 43.3 Å². The second kappa shape index (κ2) is 9.02. The zero-order valence-corrected chi connectivity index (χ0v) is 16.5. The van der Waals surface area contributed by atoms with E-state index >= 15 is 0 Å². The van der Waals surface area contributed by atoms with Gasteiger partial charge in [0, 0.05) is 28.1 Å². The Hall–Kier alpha value is -2.37. The molecule has 0 aliphatic carbocycles. The van der Waals surface area contributed by atoms with Crippen molar-refractivity contribution in [3.05, 3.63) is 93.9 Å². The first-order chi connectivity index (χ1) is 13.0. The maximum absolute atomic E-state index is 12.3. The molecule has 0 unspecified atom stereocenters. The van der Waals surface area contributed by atoms with Gasteiger partial charge in [-0.3, -0.25) is 9.00 Å². The summed E-state index contributed by atoms with van der Waals surface area (Å²) in [6, 6.07) is 18.5. The van der Waals surface area contributed by atoms with Crippen LogP contribution in [0.5, 0.6) is 0 Å². The van der Waals surface area contributed by atoms with E-state index in [1.165, 1.54) is 5.56 Å². The van der Waals surface area contributed by atoms with Crippen molar-refractivity contribution < 1.29 is 13.4 Å². The lowest BCUT2D eigenvalue weighted by Gasteiger charge is -2.04. The molecule has 1 amide bonds. The third-order valence-corrected chi connectivity index (χ3v) is 5.48. The number of rotatable bonds is 7. The van der Waals surface area contributed by atoms with Crippen molar-refractivity contribution in [3.8, 4) is 0 Å². The molecular weight excluding hydrogens is 382 g/mol. The van der Waals surface area contributed by atoms with Crippen LogP contribution in [-0.4, -0.2) is 10.1 Å². The molecule has 27 heavy (non-hydrogen) atoms. The Labute approximate surface area is 166 Å². The van der Waals surface area contributed by atoms with Crippen molar-refractivity contribution >= 4 is 28.3 Å². The van der Waals surface area contributed by atoms with Gasteiger partial charge in [-0.2, -0.15) is 0 Å². The second-order valence-electron chi connectivity index (χ2n) is 6.29. The minimum Gasteiger partial charge on any atom is -0.455 e. The fourth-order valence-corrected chi connectivity index (χ4v) is 3.91. The Morgan fingerprint density at radius 2 is 1.81 bits per heavy atom. The van der Waals surface area contributed by atoms with Crippen molar-refractivity contribution in [1.29, 1.82) is 0 Å². The summed E-state index contributed by atoms with van der Waals surface area (Å²) >= 11 is 5.95. The molecule has 140 valence electrons. The highest BCUT2D eigenvalue weighted by Crippen LogP contribution is 2.16. The first kappa shape index (κ1) is 19.4. The lowest BCUT2D eigenvalue weighted by Crippen LogP contribution is -2.22. The van der Waals surface area contributed by atoms with Crippen molar-refractivity contribution in [2.75, 3.05) is 0 Å². The molecule has 3 aromatic rings. The molecule has 0 radical (unpaired) electrons. The molecule has 4 nitrogen and oxygen atoms in total. The summed E-state index contributed by atoms with van der Waals surface area (Å²) in [6.07, 6.45) is 0. The third-order valence-electron chi connectivity index (χ3n) is 3.98. The van der Waals surface area contributed by atoms with Crippen molar-refractivity contribution in [2.45, 2.75) is 25.0 Å². The van der Waals surface area contributed by atoms with E-state index in [1.54, 1.807) is 24.3 Å². The van der Waals surface area contributed by atoms with E-state index in [9.17, 15) is 9.00 Å². The third kappa shape index (κ3) is 5.81. The Morgan fingerprint density at radius 1 is 1.04 bits per heavy atom. The molecule has 1 aromatic heterocycles. The average molecular weight is 402 g/mol. The summed E-state index contributed by atoms with van der Waals surface area (Å²) in [5.74, 6) is 1.09. The number of furan rings is 1. The molecule has 1 N–H and O–H groups in total. The molecule has 2 aromatic carbocycles. The van der Waals surface area contributed by atoms with Gasteiger partial charge in [-0.25, -0.2) is 0 Å². The standard InChI is InChI=1S/C21H20ClNO3S/c1-15-5-7-16(8-6-15)12-23-21(24)20-10-9-19(26-20)14-27(25)13-17-3-2-4-18(22)11-17/h2-11H,12-14H2,1H3,(H,23,24)/t27-/m0/s1. The zero-order valence-electron chi connectivity index (χ0n) is 14.9. The monoisotopic (exact) mass is 401 g/mol. The molecule has 3 rings (SSSR count). The van der Waals surface area contributed by atoms with E-state index in [2.05, 4.69) is 5.32 Å². The number of nitrogens with one attached hydrogen (secondary N) is 1. The van der Waals surface area contributed by atoms with Gasteiger partial charge in [-0.05, 0) is 42.3 Å². The van der Waals surface area contributed by atoms with Gasteiger partial charge in [0.2, 0.25) is 0 Å². The lowest BCUT2D eigenvalue weighted by atomic mass is 10.1. The fourth-order valence-electron chi connectivity index (χ4n) is 2.58. The van der Waals surface area contributed by atoms with Crippen molar-refractivity contribution in [2.24, 2.45) is 0 Å². The number of halogens is 1. The van der Waals surface area contributed by atoms with Crippen molar-refractivity contribution in [1.82, 2.24) is 5.32 Å². The molecule has 1 atom stereocenters. The van der Waals surface area contributed by atoms with Crippen molar-refractivity contribution in [3.63, 3.8) is 0 Å². The molecular formula is C21H20ClNO3S. The molecule has 0 saturated heterocycles. The highest BCUT2D eigenvalue weighted by atomic mass is 35.5. The topological polar surface area (TPSA) is 59.3 Å².